The van der Waals surface area contributed by atoms with E-state index in [1.54, 1.807) is 12.1 Å². The molecule has 19 heavy (non-hydrogen) atoms. The predicted octanol–water partition coefficient (Wildman–Crippen LogP) is 3.04. The molecule has 2 aromatic rings. The summed E-state index contributed by atoms with van der Waals surface area (Å²) in [6.07, 6.45) is 1.53. The van der Waals surface area contributed by atoms with Gasteiger partial charge < -0.3 is 11.1 Å². The van der Waals surface area contributed by atoms with Crippen LogP contribution >= 0.6 is 0 Å². The van der Waals surface area contributed by atoms with Crippen molar-refractivity contribution in [2.75, 3.05) is 11.1 Å². The van der Waals surface area contributed by atoms with Crippen LogP contribution in [0.2, 0.25) is 0 Å². The number of para-hydroxylation sites is 1. The first-order valence-electron chi connectivity index (χ1n) is 6.19. The third kappa shape index (κ3) is 3.10. The van der Waals surface area contributed by atoms with Crippen molar-refractivity contribution in [1.82, 2.24) is 4.98 Å². The van der Waals surface area contributed by atoms with Crippen LogP contribution in [0.5, 0.6) is 0 Å². The largest absolute Gasteiger partial charge is 0.384 e. The van der Waals surface area contributed by atoms with E-state index < -0.39 is 0 Å². The highest BCUT2D eigenvalue weighted by Crippen LogP contribution is 2.24. The number of aromatic nitrogens is 1. The minimum atomic E-state index is -0.179. The first-order valence-corrected chi connectivity index (χ1v) is 6.19. The van der Waals surface area contributed by atoms with Crippen molar-refractivity contribution in [2.24, 2.45) is 0 Å². The van der Waals surface area contributed by atoms with Gasteiger partial charge in [-0.15, -0.1) is 0 Å². The van der Waals surface area contributed by atoms with Gasteiger partial charge in [0.15, 0.2) is 0 Å². The van der Waals surface area contributed by atoms with Crippen molar-refractivity contribution in [3.63, 3.8) is 0 Å². The predicted molar refractivity (Wildman–Crippen MR) is 77.1 cm³/mol. The van der Waals surface area contributed by atoms with Gasteiger partial charge in [-0.3, -0.25) is 4.79 Å². The number of benzene rings is 1. The first kappa shape index (κ1) is 13.1. The summed E-state index contributed by atoms with van der Waals surface area (Å²) in [4.78, 5) is 16.0. The fraction of sp³-hybridized carbons (Fsp3) is 0.200. The van der Waals surface area contributed by atoms with E-state index in [0.717, 1.165) is 11.3 Å². The van der Waals surface area contributed by atoms with Crippen LogP contribution in [-0.2, 0) is 0 Å². The van der Waals surface area contributed by atoms with Gasteiger partial charge in [-0.25, -0.2) is 4.98 Å². The van der Waals surface area contributed by atoms with E-state index in [9.17, 15) is 4.79 Å². The zero-order valence-corrected chi connectivity index (χ0v) is 11.1. The van der Waals surface area contributed by atoms with Gasteiger partial charge in [-0.2, -0.15) is 0 Å². The molecule has 0 aliphatic rings. The molecule has 1 aromatic heterocycles. The van der Waals surface area contributed by atoms with Crippen molar-refractivity contribution in [3.05, 3.63) is 53.7 Å². The highest BCUT2D eigenvalue weighted by atomic mass is 16.1. The molecule has 0 fully saturated rings. The Labute approximate surface area is 112 Å². The first-order chi connectivity index (χ1) is 9.08. The van der Waals surface area contributed by atoms with E-state index >= 15 is 0 Å². The van der Waals surface area contributed by atoms with Gasteiger partial charge in [-0.1, -0.05) is 32.0 Å². The number of rotatable bonds is 3. The molecule has 0 spiro atoms. The summed E-state index contributed by atoms with van der Waals surface area (Å²) in [5, 5.41) is 2.91. The number of anilines is 2. The van der Waals surface area contributed by atoms with E-state index in [1.165, 1.54) is 6.20 Å². The minimum Gasteiger partial charge on any atom is -0.384 e. The normalized spacial score (nSPS) is 10.5. The minimum absolute atomic E-state index is 0.179. The van der Waals surface area contributed by atoms with Gasteiger partial charge in [0, 0.05) is 17.4 Å². The Kier molecular flexibility index (Phi) is 3.80. The van der Waals surface area contributed by atoms with Crippen LogP contribution in [-0.4, -0.2) is 10.9 Å². The van der Waals surface area contributed by atoms with Crippen molar-refractivity contribution in [1.29, 1.82) is 0 Å². The van der Waals surface area contributed by atoms with Crippen LogP contribution in [0.4, 0.5) is 11.5 Å². The maximum absolute atomic E-state index is 12.1. The van der Waals surface area contributed by atoms with Crippen LogP contribution in [0.15, 0.2) is 42.6 Å². The monoisotopic (exact) mass is 255 g/mol. The highest BCUT2D eigenvalue weighted by Gasteiger charge is 2.11. The summed E-state index contributed by atoms with van der Waals surface area (Å²) in [7, 11) is 0. The third-order valence-electron chi connectivity index (χ3n) is 2.87. The molecule has 0 bridgehead atoms. The number of nitrogen functional groups attached to an aromatic ring is 1. The second-order valence-corrected chi connectivity index (χ2v) is 4.67. The van der Waals surface area contributed by atoms with E-state index in [2.05, 4.69) is 24.1 Å². The molecule has 0 atom stereocenters. The van der Waals surface area contributed by atoms with Gasteiger partial charge in [-0.05, 0) is 29.7 Å². The van der Waals surface area contributed by atoms with E-state index in [0.29, 0.717) is 17.3 Å². The van der Waals surface area contributed by atoms with E-state index in [-0.39, 0.29) is 5.91 Å². The van der Waals surface area contributed by atoms with E-state index in [4.69, 9.17) is 5.73 Å². The molecule has 0 unspecified atom stereocenters. The fourth-order valence-corrected chi connectivity index (χ4v) is 1.90. The van der Waals surface area contributed by atoms with Crippen LogP contribution in [0.3, 0.4) is 0 Å². The maximum Gasteiger partial charge on any atom is 0.255 e. The number of carbonyl (C=O) groups is 1. The zero-order valence-electron chi connectivity index (χ0n) is 11.1. The number of hydrogen-bond donors (Lipinski definition) is 2. The van der Waals surface area contributed by atoms with Crippen LogP contribution < -0.4 is 11.1 Å². The number of pyridine rings is 1. The van der Waals surface area contributed by atoms with Crippen molar-refractivity contribution >= 4 is 17.4 Å². The molecule has 0 saturated heterocycles. The van der Waals surface area contributed by atoms with Crippen LogP contribution in [0.1, 0.15) is 35.7 Å². The van der Waals surface area contributed by atoms with Gasteiger partial charge in [0.05, 0.1) is 0 Å². The molecule has 0 aliphatic carbocycles. The molecular weight excluding hydrogens is 238 g/mol. The lowest BCUT2D eigenvalue weighted by molar-refractivity contribution is 0.102. The molecule has 98 valence electrons. The number of nitrogens with two attached hydrogens (primary N) is 1. The Bertz CT molecular complexity index is 593. The number of nitrogens with one attached hydrogen (secondary N) is 1. The van der Waals surface area contributed by atoms with Crippen molar-refractivity contribution < 1.29 is 4.79 Å². The maximum atomic E-state index is 12.1. The zero-order chi connectivity index (χ0) is 13.8. The molecule has 1 amide bonds. The molecule has 0 saturated carbocycles. The van der Waals surface area contributed by atoms with Crippen molar-refractivity contribution in [3.8, 4) is 0 Å². The Morgan fingerprint density at radius 2 is 2.00 bits per heavy atom. The second kappa shape index (κ2) is 5.52. The summed E-state index contributed by atoms with van der Waals surface area (Å²) in [5.74, 6) is 0.506. The van der Waals surface area contributed by atoms with E-state index in [1.807, 2.05) is 24.3 Å². The van der Waals surface area contributed by atoms with Gasteiger partial charge in [0.1, 0.15) is 5.82 Å². The lowest BCUT2D eigenvalue weighted by Gasteiger charge is -2.13. The average Bonchev–Trinajstić information content (AvgIpc) is 2.39. The van der Waals surface area contributed by atoms with Gasteiger partial charge in [0.25, 0.3) is 5.91 Å². The third-order valence-corrected chi connectivity index (χ3v) is 2.87. The molecule has 3 N–H and O–H groups in total. The molecule has 0 aliphatic heterocycles. The van der Waals surface area contributed by atoms with Crippen LogP contribution in [0.25, 0.3) is 0 Å². The average molecular weight is 255 g/mol. The standard InChI is InChI=1S/C15H17N3O/c1-10(2)12-5-3-4-6-13(12)18-15(19)11-7-8-17-14(16)9-11/h3-10H,1-2H3,(H2,16,17)(H,18,19). The topological polar surface area (TPSA) is 68.0 Å². The summed E-state index contributed by atoms with van der Waals surface area (Å²) in [5.41, 5.74) is 8.02. The second-order valence-electron chi connectivity index (χ2n) is 4.67. The SMILES string of the molecule is CC(C)c1ccccc1NC(=O)c1ccnc(N)c1. The molecule has 4 heteroatoms. The number of carbonyl (C=O) groups excluding carboxylic acids is 1. The summed E-state index contributed by atoms with van der Waals surface area (Å²) in [6.45, 7) is 4.19. The van der Waals surface area contributed by atoms with Gasteiger partial charge in [0.2, 0.25) is 0 Å². The number of nitrogens with zero attached hydrogens (tertiary/aromatic N) is 1. The number of hydrogen-bond acceptors (Lipinski definition) is 3. The quantitative estimate of drug-likeness (QED) is 0.885. The fourth-order valence-electron chi connectivity index (χ4n) is 1.90. The number of amides is 1. The summed E-state index contributed by atoms with van der Waals surface area (Å²) in [6, 6.07) is 11.0. The Morgan fingerprint density at radius 1 is 1.26 bits per heavy atom. The molecule has 1 aromatic carbocycles. The summed E-state index contributed by atoms with van der Waals surface area (Å²) < 4.78 is 0. The van der Waals surface area contributed by atoms with Gasteiger partial charge >= 0.3 is 0 Å². The van der Waals surface area contributed by atoms with Crippen molar-refractivity contribution in [2.45, 2.75) is 19.8 Å². The highest BCUT2D eigenvalue weighted by molar-refractivity contribution is 6.05. The molecule has 2 rings (SSSR count). The Hall–Kier alpha value is -2.36. The Balaban J connectivity index is 2.24. The molecule has 1 heterocycles. The lowest BCUT2D eigenvalue weighted by Crippen LogP contribution is -2.14. The Morgan fingerprint density at radius 3 is 2.68 bits per heavy atom. The van der Waals surface area contributed by atoms with Crippen LogP contribution in [0, 0.1) is 0 Å². The summed E-state index contributed by atoms with van der Waals surface area (Å²) >= 11 is 0. The molecule has 4 nitrogen and oxygen atoms in total. The smallest absolute Gasteiger partial charge is 0.255 e. The lowest BCUT2D eigenvalue weighted by atomic mass is 10.0. The molecular formula is C15H17N3O. The molecule has 0 radical (unpaired) electrons.